The molecule has 0 aliphatic carbocycles. The minimum atomic E-state index is 0.351. The molecule has 2 rings (SSSR count). The average Bonchev–Trinajstić information content (AvgIpc) is 2.87. The SMILES string of the molecule is C=CCN(CC=C)[n+]1noc(N)c1CCc1ccccc1. The lowest BCUT2D eigenvalue weighted by Gasteiger charge is -2.10. The lowest BCUT2D eigenvalue weighted by atomic mass is 10.1. The molecule has 0 atom stereocenters. The summed E-state index contributed by atoms with van der Waals surface area (Å²) in [6.45, 7) is 8.80. The average molecular weight is 285 g/mol. The predicted molar refractivity (Wildman–Crippen MR) is 83.3 cm³/mol. The normalized spacial score (nSPS) is 10.3. The number of benzene rings is 1. The number of aryl methyl sites for hydroxylation is 1. The molecule has 1 heterocycles. The van der Waals surface area contributed by atoms with E-state index in [-0.39, 0.29) is 0 Å². The number of aromatic nitrogens is 2. The highest BCUT2D eigenvalue weighted by Gasteiger charge is 2.27. The summed E-state index contributed by atoms with van der Waals surface area (Å²) in [5.74, 6) is 0.351. The quantitative estimate of drug-likeness (QED) is 0.592. The molecule has 0 fully saturated rings. The molecule has 0 aliphatic rings. The van der Waals surface area contributed by atoms with Crippen LogP contribution in [-0.4, -0.2) is 18.4 Å². The van der Waals surface area contributed by atoms with E-state index in [4.69, 9.17) is 10.3 Å². The van der Waals surface area contributed by atoms with Crippen LogP contribution in [0.25, 0.3) is 0 Å². The fourth-order valence-corrected chi connectivity index (χ4v) is 2.16. The molecule has 21 heavy (non-hydrogen) atoms. The maximum atomic E-state index is 5.91. The molecule has 0 saturated carbocycles. The molecular formula is C16H21N4O+. The van der Waals surface area contributed by atoms with Crippen LogP contribution < -0.4 is 15.5 Å². The van der Waals surface area contributed by atoms with Crippen molar-refractivity contribution in [2.75, 3.05) is 23.8 Å². The van der Waals surface area contributed by atoms with Crippen LogP contribution in [0.15, 0.2) is 60.2 Å². The number of nitrogens with zero attached hydrogens (tertiary/aromatic N) is 3. The van der Waals surface area contributed by atoms with Crippen molar-refractivity contribution in [2.24, 2.45) is 0 Å². The van der Waals surface area contributed by atoms with Crippen molar-refractivity contribution in [3.63, 3.8) is 0 Å². The van der Waals surface area contributed by atoms with Gasteiger partial charge in [0, 0.05) is 6.42 Å². The number of hydrogen-bond donors (Lipinski definition) is 1. The van der Waals surface area contributed by atoms with Gasteiger partial charge in [-0.1, -0.05) is 42.5 Å². The van der Waals surface area contributed by atoms with Gasteiger partial charge in [-0.3, -0.25) is 4.52 Å². The fourth-order valence-electron chi connectivity index (χ4n) is 2.16. The van der Waals surface area contributed by atoms with Gasteiger partial charge in [-0.05, 0) is 12.0 Å². The lowest BCUT2D eigenvalue weighted by Crippen LogP contribution is -2.61. The molecule has 2 N–H and O–H groups in total. The van der Waals surface area contributed by atoms with Gasteiger partial charge < -0.3 is 5.73 Å². The minimum Gasteiger partial charge on any atom is -0.362 e. The highest BCUT2D eigenvalue weighted by Crippen LogP contribution is 2.10. The first-order valence-corrected chi connectivity index (χ1v) is 6.93. The number of anilines is 1. The van der Waals surface area contributed by atoms with Gasteiger partial charge in [0.15, 0.2) is 0 Å². The summed E-state index contributed by atoms with van der Waals surface area (Å²) in [7, 11) is 0. The van der Waals surface area contributed by atoms with Crippen LogP contribution in [-0.2, 0) is 12.8 Å². The van der Waals surface area contributed by atoms with Gasteiger partial charge >= 0.3 is 5.69 Å². The molecule has 1 aromatic heterocycles. The van der Waals surface area contributed by atoms with E-state index in [1.54, 1.807) is 4.79 Å². The molecule has 110 valence electrons. The van der Waals surface area contributed by atoms with Crippen molar-refractivity contribution >= 4 is 5.88 Å². The van der Waals surface area contributed by atoms with Crippen LogP contribution in [0.2, 0.25) is 0 Å². The Bertz CT molecular complexity index is 582. The minimum absolute atomic E-state index is 0.351. The first-order chi connectivity index (χ1) is 10.3. The summed E-state index contributed by atoms with van der Waals surface area (Å²) in [5, 5.41) is 5.97. The van der Waals surface area contributed by atoms with Crippen LogP contribution in [0.5, 0.6) is 0 Å². The molecule has 0 unspecified atom stereocenters. The van der Waals surface area contributed by atoms with E-state index in [1.165, 1.54) is 5.56 Å². The summed E-state index contributed by atoms with van der Waals surface area (Å²) < 4.78 is 5.14. The Hall–Kier alpha value is -2.56. The molecule has 0 aliphatic heterocycles. The Morgan fingerprint density at radius 1 is 1.14 bits per heavy atom. The second-order valence-electron chi connectivity index (χ2n) is 4.71. The summed E-state index contributed by atoms with van der Waals surface area (Å²) in [6.07, 6.45) is 5.25. The largest absolute Gasteiger partial charge is 0.362 e. The molecular weight excluding hydrogens is 264 g/mol. The van der Waals surface area contributed by atoms with E-state index in [2.05, 4.69) is 30.6 Å². The Labute approximate surface area is 124 Å². The molecule has 2 aromatic rings. The second-order valence-corrected chi connectivity index (χ2v) is 4.71. The van der Waals surface area contributed by atoms with Crippen LogP contribution >= 0.6 is 0 Å². The van der Waals surface area contributed by atoms with Crippen LogP contribution in [0.1, 0.15) is 11.3 Å². The zero-order valence-corrected chi connectivity index (χ0v) is 12.1. The van der Waals surface area contributed by atoms with Gasteiger partial charge in [0.2, 0.25) is 5.27 Å². The summed E-state index contributed by atoms with van der Waals surface area (Å²) in [4.78, 5) is 1.71. The smallest absolute Gasteiger partial charge is 0.308 e. The zero-order chi connectivity index (χ0) is 15.1. The first-order valence-electron chi connectivity index (χ1n) is 6.93. The number of nitrogen functional groups attached to an aromatic ring is 1. The molecule has 0 radical (unpaired) electrons. The fraction of sp³-hybridized carbons (Fsp3) is 0.250. The zero-order valence-electron chi connectivity index (χ0n) is 12.1. The highest BCUT2D eigenvalue weighted by atomic mass is 16.5. The van der Waals surface area contributed by atoms with Crippen molar-refractivity contribution in [2.45, 2.75) is 12.8 Å². The van der Waals surface area contributed by atoms with E-state index in [9.17, 15) is 0 Å². The van der Waals surface area contributed by atoms with Gasteiger partial charge in [0.25, 0.3) is 5.88 Å². The highest BCUT2D eigenvalue weighted by molar-refractivity contribution is 5.27. The first kappa shape index (κ1) is 14.8. The number of nitrogens with two attached hydrogens (primary N) is 1. The summed E-state index contributed by atoms with van der Waals surface area (Å²) in [6, 6.07) is 10.3. The number of hydrogen-bond acceptors (Lipinski definition) is 4. The molecule has 1 aromatic carbocycles. The maximum Gasteiger partial charge on any atom is 0.308 e. The molecule has 0 spiro atoms. The Kier molecular flexibility index (Phi) is 5.15. The van der Waals surface area contributed by atoms with E-state index in [1.807, 2.05) is 35.4 Å². The van der Waals surface area contributed by atoms with Crippen molar-refractivity contribution in [1.82, 2.24) is 5.27 Å². The van der Waals surface area contributed by atoms with Gasteiger partial charge in [-0.25, -0.2) is 0 Å². The third-order valence-corrected chi connectivity index (χ3v) is 3.18. The summed E-state index contributed by atoms with van der Waals surface area (Å²) in [5.41, 5.74) is 8.02. The van der Waals surface area contributed by atoms with Crippen LogP contribution in [0, 0.1) is 0 Å². The van der Waals surface area contributed by atoms with Crippen LogP contribution in [0.4, 0.5) is 5.88 Å². The third-order valence-electron chi connectivity index (χ3n) is 3.18. The molecule has 0 amide bonds. The molecule has 0 bridgehead atoms. The van der Waals surface area contributed by atoms with E-state index < -0.39 is 0 Å². The van der Waals surface area contributed by atoms with Crippen molar-refractivity contribution in [3.05, 3.63) is 66.9 Å². The second kappa shape index (κ2) is 7.28. The predicted octanol–water partition coefficient (Wildman–Crippen LogP) is 1.64. The summed E-state index contributed by atoms with van der Waals surface area (Å²) >= 11 is 0. The van der Waals surface area contributed by atoms with Gasteiger partial charge in [-0.2, -0.15) is 0 Å². The van der Waals surface area contributed by atoms with Crippen molar-refractivity contribution in [1.29, 1.82) is 0 Å². The maximum absolute atomic E-state index is 5.91. The standard InChI is InChI=1S/C16H21N4O/c1-3-12-19(13-4-2)20-15(16(17)21-18-20)11-10-14-8-6-5-7-9-14/h3-9H,1-2,10-13,17H2/q+1. The van der Waals surface area contributed by atoms with Crippen LogP contribution in [0.3, 0.4) is 0 Å². The molecule has 0 saturated heterocycles. The Morgan fingerprint density at radius 2 is 1.81 bits per heavy atom. The number of rotatable bonds is 8. The Morgan fingerprint density at radius 3 is 2.43 bits per heavy atom. The lowest BCUT2D eigenvalue weighted by molar-refractivity contribution is -0.762. The monoisotopic (exact) mass is 285 g/mol. The van der Waals surface area contributed by atoms with E-state index >= 15 is 0 Å². The third kappa shape index (κ3) is 3.72. The van der Waals surface area contributed by atoms with Gasteiger partial charge in [0.05, 0.1) is 17.9 Å². The van der Waals surface area contributed by atoms with Gasteiger partial charge in [-0.15, -0.1) is 18.2 Å². The van der Waals surface area contributed by atoms with Crippen molar-refractivity contribution in [3.8, 4) is 0 Å². The van der Waals surface area contributed by atoms with E-state index in [0.29, 0.717) is 19.0 Å². The van der Waals surface area contributed by atoms with Crippen molar-refractivity contribution < 1.29 is 9.31 Å². The topological polar surface area (TPSA) is 59.2 Å². The van der Waals surface area contributed by atoms with Gasteiger partial charge in [0.1, 0.15) is 0 Å². The van der Waals surface area contributed by atoms with E-state index in [0.717, 1.165) is 18.5 Å². The molecule has 5 heteroatoms. The Balaban J connectivity index is 2.16. The molecule has 5 nitrogen and oxygen atoms in total.